The predicted octanol–water partition coefficient (Wildman–Crippen LogP) is 4.18. The van der Waals surface area contributed by atoms with Gasteiger partial charge in [0.05, 0.1) is 11.8 Å². The predicted molar refractivity (Wildman–Crippen MR) is 123 cm³/mol. The maximum Gasteiger partial charge on any atom is 0.307 e. The van der Waals surface area contributed by atoms with E-state index in [-0.39, 0.29) is 19.6 Å². The molecule has 0 amide bonds. The van der Waals surface area contributed by atoms with Crippen LogP contribution in [0.1, 0.15) is 11.1 Å². The molecular weight excluding hydrogens is 430 g/mol. The van der Waals surface area contributed by atoms with Crippen molar-refractivity contribution in [3.63, 3.8) is 0 Å². The number of carbonyl (C=O) groups is 1. The lowest BCUT2D eigenvalue weighted by molar-refractivity contribution is -0.136. The Hall–Kier alpha value is -3.78. The zero-order chi connectivity index (χ0) is 22.8. The van der Waals surface area contributed by atoms with Crippen LogP contribution < -0.4 is 14.2 Å². The quantitative estimate of drug-likeness (QED) is 0.422. The average Bonchev–Trinajstić information content (AvgIpc) is 2.78. The fourth-order valence-electron chi connectivity index (χ4n) is 2.81. The minimum absolute atomic E-state index is 0.116. The molecule has 0 unspecified atom stereocenters. The first-order chi connectivity index (χ1) is 15.4. The lowest BCUT2D eigenvalue weighted by Crippen LogP contribution is -2.11. The highest BCUT2D eigenvalue weighted by molar-refractivity contribution is 7.95. The van der Waals surface area contributed by atoms with Crippen molar-refractivity contribution in [1.82, 2.24) is 0 Å². The number of hydrogen-bond acceptors (Lipinski definition) is 5. The minimum Gasteiger partial charge on any atom is -0.490 e. The molecule has 8 heteroatoms. The van der Waals surface area contributed by atoms with Gasteiger partial charge < -0.3 is 14.6 Å². The lowest BCUT2D eigenvalue weighted by atomic mass is 10.1. The maximum absolute atomic E-state index is 12.2. The molecular formula is C24H23NO6S. The number of carboxylic acids is 1. The third-order valence-corrected chi connectivity index (χ3v) is 5.29. The summed E-state index contributed by atoms with van der Waals surface area (Å²) in [5.41, 5.74) is 1.79. The van der Waals surface area contributed by atoms with Gasteiger partial charge in [-0.25, -0.2) is 8.42 Å². The SMILES string of the molecule is O=C(O)Cc1ccccc1OCCOc1ccc(NS(=O)(=O)C=Cc2ccccc2)cc1. The Morgan fingerprint density at radius 2 is 1.53 bits per heavy atom. The van der Waals surface area contributed by atoms with Crippen LogP contribution in [0.25, 0.3) is 6.08 Å². The third kappa shape index (κ3) is 7.48. The number of benzene rings is 3. The van der Waals surface area contributed by atoms with Gasteiger partial charge in [-0.1, -0.05) is 48.5 Å². The molecule has 0 aliphatic heterocycles. The van der Waals surface area contributed by atoms with Gasteiger partial charge in [0.1, 0.15) is 24.7 Å². The van der Waals surface area contributed by atoms with Gasteiger partial charge in [0.15, 0.2) is 0 Å². The Bertz CT molecular complexity index is 1160. The van der Waals surface area contributed by atoms with Gasteiger partial charge in [-0.3, -0.25) is 9.52 Å². The number of ether oxygens (including phenoxy) is 2. The second kappa shape index (κ2) is 11.0. The summed E-state index contributed by atoms with van der Waals surface area (Å²) in [7, 11) is -3.64. The van der Waals surface area contributed by atoms with Crippen molar-refractivity contribution in [2.24, 2.45) is 0 Å². The van der Waals surface area contributed by atoms with E-state index in [4.69, 9.17) is 14.6 Å². The number of sulfonamides is 1. The highest BCUT2D eigenvalue weighted by Crippen LogP contribution is 2.20. The van der Waals surface area contributed by atoms with Crippen LogP contribution in [-0.2, 0) is 21.2 Å². The van der Waals surface area contributed by atoms with Crippen LogP contribution >= 0.6 is 0 Å². The van der Waals surface area contributed by atoms with Crippen LogP contribution in [-0.4, -0.2) is 32.7 Å². The van der Waals surface area contributed by atoms with E-state index in [0.29, 0.717) is 22.7 Å². The van der Waals surface area contributed by atoms with Crippen molar-refractivity contribution < 1.29 is 27.8 Å². The molecule has 0 atom stereocenters. The zero-order valence-electron chi connectivity index (χ0n) is 17.2. The summed E-state index contributed by atoms with van der Waals surface area (Å²) in [6.45, 7) is 0.474. The summed E-state index contributed by atoms with van der Waals surface area (Å²) >= 11 is 0. The van der Waals surface area contributed by atoms with Crippen molar-refractivity contribution in [2.45, 2.75) is 6.42 Å². The van der Waals surface area contributed by atoms with Crippen LogP contribution in [0.5, 0.6) is 11.5 Å². The number of nitrogens with one attached hydrogen (secondary N) is 1. The monoisotopic (exact) mass is 453 g/mol. The molecule has 0 bridgehead atoms. The number of hydrogen-bond donors (Lipinski definition) is 2. The van der Waals surface area contributed by atoms with E-state index in [9.17, 15) is 13.2 Å². The van der Waals surface area contributed by atoms with E-state index in [1.165, 1.54) is 6.08 Å². The Labute approximate surface area is 187 Å². The van der Waals surface area contributed by atoms with Gasteiger partial charge >= 0.3 is 5.97 Å². The number of para-hydroxylation sites is 1. The smallest absolute Gasteiger partial charge is 0.307 e. The lowest BCUT2D eigenvalue weighted by Gasteiger charge is -2.11. The number of carboxylic acid groups (broad SMARTS) is 1. The van der Waals surface area contributed by atoms with E-state index in [2.05, 4.69) is 4.72 Å². The Kier molecular flexibility index (Phi) is 7.88. The summed E-state index contributed by atoms with van der Waals surface area (Å²) in [6, 6.07) is 22.6. The summed E-state index contributed by atoms with van der Waals surface area (Å²) < 4.78 is 38.1. The van der Waals surface area contributed by atoms with Crippen LogP contribution in [0.15, 0.2) is 84.3 Å². The molecule has 0 spiro atoms. The van der Waals surface area contributed by atoms with Crippen LogP contribution in [0.4, 0.5) is 5.69 Å². The van der Waals surface area contributed by atoms with Crippen LogP contribution in [0.2, 0.25) is 0 Å². The third-order valence-electron chi connectivity index (χ3n) is 4.28. The molecule has 0 aliphatic rings. The molecule has 166 valence electrons. The topological polar surface area (TPSA) is 102 Å². The van der Waals surface area contributed by atoms with Crippen molar-refractivity contribution in [3.8, 4) is 11.5 Å². The standard InChI is InChI=1S/C24H23NO6S/c26-24(27)18-20-8-4-5-9-23(20)31-16-15-30-22-12-10-21(11-13-22)25-32(28,29)17-14-19-6-2-1-3-7-19/h1-14,17,25H,15-16,18H2,(H,26,27). The molecule has 0 saturated heterocycles. The van der Waals surface area contributed by atoms with Gasteiger partial charge in [0.25, 0.3) is 10.0 Å². The van der Waals surface area contributed by atoms with E-state index >= 15 is 0 Å². The molecule has 7 nitrogen and oxygen atoms in total. The molecule has 0 aliphatic carbocycles. The van der Waals surface area contributed by atoms with Crippen molar-refractivity contribution in [2.75, 3.05) is 17.9 Å². The Morgan fingerprint density at radius 3 is 2.25 bits per heavy atom. The second-order valence-corrected chi connectivity index (χ2v) is 8.33. The number of aliphatic carboxylic acids is 1. The molecule has 0 saturated carbocycles. The highest BCUT2D eigenvalue weighted by Gasteiger charge is 2.08. The van der Waals surface area contributed by atoms with Gasteiger partial charge in [-0.05, 0) is 42.0 Å². The average molecular weight is 454 g/mol. The number of rotatable bonds is 11. The molecule has 0 fully saturated rings. The maximum atomic E-state index is 12.2. The van der Waals surface area contributed by atoms with Crippen LogP contribution in [0.3, 0.4) is 0 Å². The normalized spacial score (nSPS) is 11.2. The minimum atomic E-state index is -3.64. The first-order valence-corrected chi connectivity index (χ1v) is 11.4. The fraction of sp³-hybridized carbons (Fsp3) is 0.125. The molecule has 3 aromatic carbocycles. The van der Waals surface area contributed by atoms with E-state index < -0.39 is 16.0 Å². The molecule has 3 aromatic rings. The van der Waals surface area contributed by atoms with Gasteiger partial charge in [0, 0.05) is 11.3 Å². The molecule has 0 radical (unpaired) electrons. The summed E-state index contributed by atoms with van der Waals surface area (Å²) in [5, 5.41) is 10.1. The van der Waals surface area contributed by atoms with E-state index in [0.717, 1.165) is 11.0 Å². The van der Waals surface area contributed by atoms with Gasteiger partial charge in [0.2, 0.25) is 0 Å². The van der Waals surface area contributed by atoms with Crippen molar-refractivity contribution in [1.29, 1.82) is 0 Å². The number of anilines is 1. The van der Waals surface area contributed by atoms with E-state index in [1.54, 1.807) is 48.5 Å². The molecule has 0 heterocycles. The fourth-order valence-corrected chi connectivity index (χ4v) is 3.68. The second-order valence-electron chi connectivity index (χ2n) is 6.76. The summed E-state index contributed by atoms with van der Waals surface area (Å²) in [4.78, 5) is 10.9. The first kappa shape index (κ1) is 22.9. The molecule has 2 N–H and O–H groups in total. The molecule has 32 heavy (non-hydrogen) atoms. The highest BCUT2D eigenvalue weighted by atomic mass is 32.2. The largest absolute Gasteiger partial charge is 0.490 e. The summed E-state index contributed by atoms with van der Waals surface area (Å²) in [5.74, 6) is 0.130. The first-order valence-electron chi connectivity index (χ1n) is 9.83. The van der Waals surface area contributed by atoms with Crippen molar-refractivity contribution in [3.05, 3.63) is 95.4 Å². The molecule has 3 rings (SSSR count). The van der Waals surface area contributed by atoms with Gasteiger partial charge in [-0.2, -0.15) is 0 Å². The Balaban J connectivity index is 1.48. The van der Waals surface area contributed by atoms with Crippen LogP contribution in [0, 0.1) is 0 Å². The Morgan fingerprint density at radius 1 is 0.875 bits per heavy atom. The molecule has 0 aromatic heterocycles. The van der Waals surface area contributed by atoms with Crippen molar-refractivity contribution >= 4 is 27.8 Å². The summed E-state index contributed by atoms with van der Waals surface area (Å²) in [6.07, 6.45) is 1.41. The van der Waals surface area contributed by atoms with Gasteiger partial charge in [-0.15, -0.1) is 0 Å². The van der Waals surface area contributed by atoms with E-state index in [1.807, 2.05) is 30.3 Å². The zero-order valence-corrected chi connectivity index (χ0v) is 18.0.